The topological polar surface area (TPSA) is 58.2 Å². The minimum atomic E-state index is -0.947. The Balaban J connectivity index is 1.84. The number of hydrogen-bond donors (Lipinski definition) is 2. The number of halogens is 2. The first-order valence-corrected chi connectivity index (χ1v) is 8.78. The molecule has 3 rings (SSSR count). The van der Waals surface area contributed by atoms with Gasteiger partial charge >= 0.3 is 0 Å². The second kappa shape index (κ2) is 8.48. The first kappa shape index (κ1) is 19.9. The Hall–Kier alpha value is -3.80. The molecule has 0 aliphatic heterocycles. The lowest BCUT2D eigenvalue weighted by Crippen LogP contribution is -2.19. The van der Waals surface area contributed by atoms with E-state index in [1.54, 1.807) is 31.2 Å². The largest absolute Gasteiger partial charge is 0.322 e. The first-order valence-electron chi connectivity index (χ1n) is 8.78. The molecule has 0 aromatic heterocycles. The van der Waals surface area contributed by atoms with Crippen molar-refractivity contribution in [1.29, 1.82) is 0 Å². The highest BCUT2D eigenvalue weighted by molar-refractivity contribution is 6.09. The fourth-order valence-electron chi connectivity index (χ4n) is 2.77. The van der Waals surface area contributed by atoms with E-state index in [2.05, 4.69) is 17.2 Å². The minimum absolute atomic E-state index is 0.270. The number of benzene rings is 3. The standard InChI is InChI=1S/C23H18F2N2O2/c1-14(2)17-6-3-4-9-20(17)27-23(29)19-8-5-7-18(21(19)25)22(28)26-16-12-10-15(24)11-13-16/h3-13H,1H2,2H3,(H,26,28)(H,27,29). The van der Waals surface area contributed by atoms with Crippen LogP contribution in [0.2, 0.25) is 0 Å². The fourth-order valence-corrected chi connectivity index (χ4v) is 2.77. The monoisotopic (exact) mass is 392 g/mol. The van der Waals surface area contributed by atoms with E-state index >= 15 is 0 Å². The van der Waals surface area contributed by atoms with E-state index in [9.17, 15) is 18.4 Å². The van der Waals surface area contributed by atoms with Crippen LogP contribution in [0.4, 0.5) is 20.2 Å². The number of nitrogens with one attached hydrogen (secondary N) is 2. The van der Waals surface area contributed by atoms with Gasteiger partial charge in [-0.15, -0.1) is 0 Å². The molecular weight excluding hydrogens is 374 g/mol. The van der Waals surface area contributed by atoms with Crippen LogP contribution < -0.4 is 10.6 Å². The van der Waals surface area contributed by atoms with Crippen molar-refractivity contribution in [2.45, 2.75) is 6.92 Å². The highest BCUT2D eigenvalue weighted by Crippen LogP contribution is 2.23. The van der Waals surface area contributed by atoms with E-state index in [1.165, 1.54) is 42.5 Å². The van der Waals surface area contributed by atoms with Crippen LogP contribution in [0, 0.1) is 11.6 Å². The summed E-state index contributed by atoms with van der Waals surface area (Å²) in [5.41, 5.74) is 1.70. The van der Waals surface area contributed by atoms with E-state index in [0.717, 1.165) is 11.1 Å². The second-order valence-electron chi connectivity index (χ2n) is 6.41. The van der Waals surface area contributed by atoms with E-state index in [-0.39, 0.29) is 11.1 Å². The van der Waals surface area contributed by atoms with Gasteiger partial charge in [-0.25, -0.2) is 8.78 Å². The number of rotatable bonds is 5. The predicted molar refractivity (Wildman–Crippen MR) is 110 cm³/mol. The SMILES string of the molecule is C=C(C)c1ccccc1NC(=O)c1cccc(C(=O)Nc2ccc(F)cc2)c1F. The summed E-state index contributed by atoms with van der Waals surface area (Å²) in [7, 11) is 0. The lowest BCUT2D eigenvalue weighted by atomic mass is 10.1. The highest BCUT2D eigenvalue weighted by Gasteiger charge is 2.20. The van der Waals surface area contributed by atoms with Crippen molar-refractivity contribution in [3.05, 3.63) is 102 Å². The van der Waals surface area contributed by atoms with Crippen LogP contribution in [-0.2, 0) is 0 Å². The van der Waals surface area contributed by atoms with Gasteiger partial charge < -0.3 is 10.6 Å². The van der Waals surface area contributed by atoms with Gasteiger partial charge in [-0.2, -0.15) is 0 Å². The Morgan fingerprint density at radius 3 is 1.93 bits per heavy atom. The average Bonchev–Trinajstić information content (AvgIpc) is 2.70. The smallest absolute Gasteiger partial charge is 0.258 e. The summed E-state index contributed by atoms with van der Waals surface area (Å²) in [6.07, 6.45) is 0. The molecule has 3 aromatic rings. The molecule has 0 bridgehead atoms. The third kappa shape index (κ3) is 4.55. The lowest BCUT2D eigenvalue weighted by molar-refractivity contribution is 0.102. The number of allylic oxidation sites excluding steroid dienone is 1. The van der Waals surface area contributed by atoms with Gasteiger partial charge in [-0.1, -0.05) is 30.8 Å². The molecule has 6 heteroatoms. The molecule has 0 spiro atoms. The Labute approximate surface area is 166 Å². The summed E-state index contributed by atoms with van der Waals surface area (Å²) in [6.45, 7) is 5.66. The number of carbonyl (C=O) groups excluding carboxylic acids is 2. The Kier molecular flexibility index (Phi) is 5.83. The van der Waals surface area contributed by atoms with Gasteiger partial charge in [0, 0.05) is 16.9 Å². The third-order valence-corrected chi connectivity index (χ3v) is 4.23. The summed E-state index contributed by atoms with van der Waals surface area (Å²) in [4.78, 5) is 25.0. The van der Waals surface area contributed by atoms with Gasteiger partial charge in [0.05, 0.1) is 11.1 Å². The number of para-hydroxylation sites is 1. The van der Waals surface area contributed by atoms with Gasteiger partial charge in [0.15, 0.2) is 0 Å². The maximum atomic E-state index is 14.9. The minimum Gasteiger partial charge on any atom is -0.322 e. The quantitative estimate of drug-likeness (QED) is 0.602. The molecule has 29 heavy (non-hydrogen) atoms. The Morgan fingerprint density at radius 1 is 0.759 bits per heavy atom. The molecular formula is C23H18F2N2O2. The molecule has 3 aromatic carbocycles. The molecule has 0 unspecified atom stereocenters. The van der Waals surface area contributed by atoms with Crippen LogP contribution in [0.5, 0.6) is 0 Å². The number of amides is 2. The molecule has 0 fully saturated rings. The Morgan fingerprint density at radius 2 is 1.31 bits per heavy atom. The third-order valence-electron chi connectivity index (χ3n) is 4.23. The normalized spacial score (nSPS) is 10.3. The average molecular weight is 392 g/mol. The number of carbonyl (C=O) groups is 2. The molecule has 0 heterocycles. The van der Waals surface area contributed by atoms with Crippen LogP contribution in [-0.4, -0.2) is 11.8 Å². The molecule has 2 N–H and O–H groups in total. The van der Waals surface area contributed by atoms with Crippen LogP contribution in [0.3, 0.4) is 0 Å². The zero-order valence-corrected chi connectivity index (χ0v) is 15.6. The first-order chi connectivity index (χ1) is 13.9. The van der Waals surface area contributed by atoms with Crippen molar-refractivity contribution in [1.82, 2.24) is 0 Å². The summed E-state index contributed by atoms with van der Waals surface area (Å²) in [6, 6.07) is 16.1. The molecule has 0 saturated heterocycles. The number of anilines is 2. The van der Waals surface area contributed by atoms with Crippen LogP contribution >= 0.6 is 0 Å². The van der Waals surface area contributed by atoms with Crippen LogP contribution in [0.1, 0.15) is 33.2 Å². The van der Waals surface area contributed by atoms with Crippen molar-refractivity contribution < 1.29 is 18.4 Å². The maximum Gasteiger partial charge on any atom is 0.258 e. The van der Waals surface area contributed by atoms with Gasteiger partial charge in [0.2, 0.25) is 0 Å². The second-order valence-corrected chi connectivity index (χ2v) is 6.41. The van der Waals surface area contributed by atoms with Crippen molar-refractivity contribution in [2.24, 2.45) is 0 Å². The number of hydrogen-bond acceptors (Lipinski definition) is 2. The van der Waals surface area contributed by atoms with Crippen LogP contribution in [0.25, 0.3) is 5.57 Å². The van der Waals surface area contributed by atoms with Crippen molar-refractivity contribution in [2.75, 3.05) is 10.6 Å². The molecule has 0 aliphatic rings. The van der Waals surface area contributed by atoms with Crippen LogP contribution in [0.15, 0.2) is 73.3 Å². The van der Waals surface area contributed by atoms with E-state index in [0.29, 0.717) is 11.4 Å². The van der Waals surface area contributed by atoms with Gasteiger partial charge in [-0.3, -0.25) is 9.59 Å². The molecule has 0 atom stereocenters. The fraction of sp³-hybridized carbons (Fsp3) is 0.0435. The molecule has 0 radical (unpaired) electrons. The summed E-state index contributed by atoms with van der Waals surface area (Å²) < 4.78 is 27.9. The van der Waals surface area contributed by atoms with Gasteiger partial charge in [0.1, 0.15) is 11.6 Å². The molecule has 0 aliphatic carbocycles. The molecule has 146 valence electrons. The zero-order chi connectivity index (χ0) is 21.0. The Bertz CT molecular complexity index is 1090. The van der Waals surface area contributed by atoms with Gasteiger partial charge in [0.25, 0.3) is 11.8 Å². The summed E-state index contributed by atoms with van der Waals surface area (Å²) >= 11 is 0. The maximum absolute atomic E-state index is 14.9. The van der Waals surface area contributed by atoms with Gasteiger partial charge in [-0.05, 0) is 55.0 Å². The van der Waals surface area contributed by atoms with Crippen molar-refractivity contribution in [3.8, 4) is 0 Å². The van der Waals surface area contributed by atoms with E-state index in [1.807, 2.05) is 0 Å². The van der Waals surface area contributed by atoms with E-state index in [4.69, 9.17) is 0 Å². The van der Waals surface area contributed by atoms with Crippen molar-refractivity contribution in [3.63, 3.8) is 0 Å². The summed E-state index contributed by atoms with van der Waals surface area (Å²) in [5.74, 6) is -2.83. The molecule has 4 nitrogen and oxygen atoms in total. The van der Waals surface area contributed by atoms with Crippen molar-refractivity contribution >= 4 is 28.8 Å². The molecule has 0 saturated carbocycles. The lowest BCUT2D eigenvalue weighted by Gasteiger charge is -2.12. The molecule has 2 amide bonds. The highest BCUT2D eigenvalue weighted by atomic mass is 19.1. The summed E-state index contributed by atoms with van der Waals surface area (Å²) in [5, 5.41) is 5.14. The zero-order valence-electron chi connectivity index (χ0n) is 15.6. The van der Waals surface area contributed by atoms with E-state index < -0.39 is 23.4 Å². The predicted octanol–water partition coefficient (Wildman–Crippen LogP) is 5.50.